The van der Waals surface area contributed by atoms with Crippen LogP contribution in [-0.4, -0.2) is 22.6 Å². The number of hydrogen-bond acceptors (Lipinski definition) is 4. The highest BCUT2D eigenvalue weighted by Gasteiger charge is 2.12. The topological polar surface area (TPSA) is 34.1 Å². The average molecular weight is 206 g/mol. The Hall–Kier alpha value is 0.0400. The Labute approximate surface area is 81.3 Å². The molecule has 0 saturated heterocycles. The van der Waals surface area contributed by atoms with Gasteiger partial charge in [-0.3, -0.25) is 9.59 Å². The van der Waals surface area contributed by atoms with E-state index in [1.54, 1.807) is 13.8 Å². The van der Waals surface area contributed by atoms with E-state index in [9.17, 15) is 9.59 Å². The number of carbonyl (C=O) groups excluding carboxylic acids is 2. The van der Waals surface area contributed by atoms with Gasteiger partial charge in [-0.05, 0) is 20.3 Å². The first-order valence-electron chi connectivity index (χ1n) is 3.86. The summed E-state index contributed by atoms with van der Waals surface area (Å²) in [6.07, 6.45) is 0.838. The van der Waals surface area contributed by atoms with Gasteiger partial charge in [0.2, 0.25) is 0 Å². The van der Waals surface area contributed by atoms with Crippen LogP contribution in [0.3, 0.4) is 0 Å². The number of Topliss-reactive ketones (excluding diaryl/α,β-unsaturated/α-hetero) is 2. The fraction of sp³-hybridized carbons (Fsp3) is 0.750. The summed E-state index contributed by atoms with van der Waals surface area (Å²) in [7, 11) is 2.97. The van der Waals surface area contributed by atoms with Crippen molar-refractivity contribution in [3.8, 4) is 0 Å². The van der Waals surface area contributed by atoms with Gasteiger partial charge in [0.25, 0.3) is 0 Å². The maximum atomic E-state index is 10.9. The second kappa shape index (κ2) is 6.54. The molecule has 0 saturated carbocycles. The van der Waals surface area contributed by atoms with Crippen LogP contribution in [0, 0.1) is 0 Å². The predicted molar refractivity (Wildman–Crippen MR) is 55.5 cm³/mol. The molecule has 4 heteroatoms. The minimum absolute atomic E-state index is 0.0503. The predicted octanol–water partition coefficient (Wildman–Crippen LogP) is 2.32. The number of carbonyl (C=O) groups is 2. The molecule has 70 valence electrons. The van der Waals surface area contributed by atoms with Gasteiger partial charge in [0, 0.05) is 0 Å². The molecule has 0 aliphatic heterocycles. The molecule has 0 radical (unpaired) electrons. The van der Waals surface area contributed by atoms with Crippen molar-refractivity contribution >= 4 is 33.2 Å². The SMILES string of the molecule is CCC(SSCC(C)=O)C(C)=O. The van der Waals surface area contributed by atoms with Crippen molar-refractivity contribution in [2.45, 2.75) is 32.4 Å². The van der Waals surface area contributed by atoms with E-state index >= 15 is 0 Å². The van der Waals surface area contributed by atoms with Gasteiger partial charge in [-0.25, -0.2) is 0 Å². The van der Waals surface area contributed by atoms with Crippen LogP contribution in [0.25, 0.3) is 0 Å². The molecular formula is C8H14O2S2. The van der Waals surface area contributed by atoms with Crippen molar-refractivity contribution in [3.63, 3.8) is 0 Å². The summed E-state index contributed by atoms with van der Waals surface area (Å²) < 4.78 is 0. The molecule has 0 aliphatic rings. The van der Waals surface area contributed by atoms with Gasteiger partial charge >= 0.3 is 0 Å². The van der Waals surface area contributed by atoms with Crippen molar-refractivity contribution in [1.29, 1.82) is 0 Å². The quantitative estimate of drug-likeness (QED) is 0.625. The maximum absolute atomic E-state index is 10.9. The highest BCUT2D eigenvalue weighted by molar-refractivity contribution is 8.77. The molecule has 0 spiro atoms. The standard InChI is InChI=1S/C8H14O2S2/c1-4-8(7(3)10)12-11-5-6(2)9/h8H,4-5H2,1-3H3. The molecule has 1 unspecified atom stereocenters. The van der Waals surface area contributed by atoms with Crippen molar-refractivity contribution in [2.24, 2.45) is 0 Å². The summed E-state index contributed by atoms with van der Waals surface area (Å²) in [4.78, 5) is 21.5. The first-order valence-corrected chi connectivity index (χ1v) is 6.24. The van der Waals surface area contributed by atoms with Gasteiger partial charge in [-0.2, -0.15) is 0 Å². The molecule has 0 bridgehead atoms. The second-order valence-electron chi connectivity index (χ2n) is 2.57. The third-order valence-electron chi connectivity index (χ3n) is 1.27. The summed E-state index contributed by atoms with van der Waals surface area (Å²) >= 11 is 0. The Balaban J connectivity index is 3.59. The molecule has 0 N–H and O–H groups in total. The second-order valence-corrected chi connectivity index (χ2v) is 5.14. The summed E-state index contributed by atoms with van der Waals surface area (Å²) in [6.45, 7) is 5.13. The van der Waals surface area contributed by atoms with E-state index in [1.165, 1.54) is 21.6 Å². The van der Waals surface area contributed by atoms with Gasteiger partial charge in [-0.15, -0.1) is 0 Å². The highest BCUT2D eigenvalue weighted by atomic mass is 33.1. The normalized spacial score (nSPS) is 12.6. The zero-order valence-electron chi connectivity index (χ0n) is 7.62. The van der Waals surface area contributed by atoms with Crippen LogP contribution in [0.15, 0.2) is 0 Å². The molecule has 0 aliphatic carbocycles. The van der Waals surface area contributed by atoms with E-state index < -0.39 is 0 Å². The first-order chi connectivity index (χ1) is 5.57. The highest BCUT2D eigenvalue weighted by Crippen LogP contribution is 2.28. The fourth-order valence-corrected chi connectivity index (χ4v) is 3.30. The van der Waals surface area contributed by atoms with Crippen LogP contribution in [0.5, 0.6) is 0 Å². The van der Waals surface area contributed by atoms with Crippen molar-refractivity contribution in [3.05, 3.63) is 0 Å². The van der Waals surface area contributed by atoms with Crippen LogP contribution in [-0.2, 0) is 9.59 Å². The lowest BCUT2D eigenvalue weighted by molar-refractivity contribution is -0.116. The third kappa shape index (κ3) is 5.66. The van der Waals surface area contributed by atoms with Crippen LogP contribution >= 0.6 is 21.6 Å². The molecule has 0 rings (SSSR count). The summed E-state index contributed by atoms with van der Waals surface area (Å²) in [5, 5.41) is 0.0503. The van der Waals surface area contributed by atoms with Gasteiger partial charge in [0.1, 0.15) is 11.6 Å². The molecule has 0 amide bonds. The van der Waals surface area contributed by atoms with Gasteiger partial charge < -0.3 is 0 Å². The Morgan fingerprint density at radius 3 is 2.25 bits per heavy atom. The van der Waals surface area contributed by atoms with Gasteiger partial charge in [0.15, 0.2) is 0 Å². The zero-order valence-corrected chi connectivity index (χ0v) is 9.26. The lowest BCUT2D eigenvalue weighted by atomic mass is 10.2. The first kappa shape index (κ1) is 12.0. The van der Waals surface area contributed by atoms with E-state index in [-0.39, 0.29) is 16.8 Å². The maximum Gasteiger partial charge on any atom is 0.143 e. The number of hydrogen-bond donors (Lipinski definition) is 0. The molecule has 2 nitrogen and oxygen atoms in total. The van der Waals surface area contributed by atoms with E-state index in [4.69, 9.17) is 0 Å². The Kier molecular flexibility index (Phi) is 6.57. The van der Waals surface area contributed by atoms with Crippen LogP contribution in [0.1, 0.15) is 27.2 Å². The Morgan fingerprint density at radius 2 is 1.92 bits per heavy atom. The largest absolute Gasteiger partial charge is 0.299 e. The molecule has 12 heavy (non-hydrogen) atoms. The van der Waals surface area contributed by atoms with E-state index in [1.807, 2.05) is 6.92 Å². The molecule has 0 fully saturated rings. The summed E-state index contributed by atoms with van der Waals surface area (Å²) in [6, 6.07) is 0. The molecule has 0 heterocycles. The number of ketones is 2. The minimum atomic E-state index is 0.0503. The number of rotatable bonds is 6. The van der Waals surface area contributed by atoms with Crippen LogP contribution in [0.4, 0.5) is 0 Å². The Bertz CT molecular complexity index is 168. The van der Waals surface area contributed by atoms with Crippen LogP contribution < -0.4 is 0 Å². The van der Waals surface area contributed by atoms with Gasteiger partial charge in [-0.1, -0.05) is 28.5 Å². The van der Waals surface area contributed by atoms with Crippen molar-refractivity contribution in [2.75, 3.05) is 5.75 Å². The zero-order chi connectivity index (χ0) is 9.56. The summed E-state index contributed by atoms with van der Waals surface area (Å²) in [5.74, 6) is 0.846. The molecule has 0 aromatic carbocycles. The molecule has 0 aromatic heterocycles. The van der Waals surface area contributed by atoms with E-state index in [2.05, 4.69) is 0 Å². The smallest absolute Gasteiger partial charge is 0.143 e. The summed E-state index contributed by atoms with van der Waals surface area (Å²) in [5.41, 5.74) is 0. The lowest BCUT2D eigenvalue weighted by Crippen LogP contribution is -2.10. The molecular weight excluding hydrogens is 192 g/mol. The van der Waals surface area contributed by atoms with Crippen molar-refractivity contribution < 1.29 is 9.59 Å². The fourth-order valence-electron chi connectivity index (χ4n) is 0.622. The minimum Gasteiger partial charge on any atom is -0.299 e. The van der Waals surface area contributed by atoms with E-state index in [0.29, 0.717) is 5.75 Å². The molecule has 0 aromatic rings. The Morgan fingerprint density at radius 1 is 1.33 bits per heavy atom. The molecule has 1 atom stereocenters. The van der Waals surface area contributed by atoms with E-state index in [0.717, 1.165) is 6.42 Å². The third-order valence-corrected chi connectivity index (χ3v) is 4.29. The average Bonchev–Trinajstić information content (AvgIpc) is 1.96. The van der Waals surface area contributed by atoms with Crippen LogP contribution in [0.2, 0.25) is 0 Å². The van der Waals surface area contributed by atoms with Crippen molar-refractivity contribution in [1.82, 2.24) is 0 Å². The van der Waals surface area contributed by atoms with Gasteiger partial charge in [0.05, 0.1) is 11.0 Å². The lowest BCUT2D eigenvalue weighted by Gasteiger charge is -2.08. The monoisotopic (exact) mass is 206 g/mol.